The van der Waals surface area contributed by atoms with E-state index in [1.54, 1.807) is 0 Å². The van der Waals surface area contributed by atoms with Gasteiger partial charge in [-0.3, -0.25) is 5.01 Å². The van der Waals surface area contributed by atoms with Crippen LogP contribution in [0.3, 0.4) is 0 Å². The molecule has 86 valence electrons. The third-order valence-corrected chi connectivity index (χ3v) is 2.50. The highest BCUT2D eigenvalue weighted by atomic mass is 15.5. The fourth-order valence-electron chi connectivity index (χ4n) is 1.59. The molecule has 1 atom stereocenters. The topological polar surface area (TPSA) is 41.6 Å². The number of terminal acetylenes is 1. The monoisotopic (exact) mass is 209 g/mol. The molecule has 0 heterocycles. The largest absolute Gasteiger partial charge is 0.313 e. The van der Waals surface area contributed by atoms with Gasteiger partial charge in [0, 0.05) is 6.04 Å². The van der Waals surface area contributed by atoms with Gasteiger partial charge in [0.2, 0.25) is 0 Å². The molecular formula is C12H23N3. The normalized spacial score (nSPS) is 12.7. The van der Waals surface area contributed by atoms with Crippen LogP contribution in [-0.2, 0) is 0 Å². The summed E-state index contributed by atoms with van der Waals surface area (Å²) in [5.41, 5.74) is 5.64. The maximum atomic E-state index is 5.64. The van der Waals surface area contributed by atoms with Gasteiger partial charge in [0.05, 0.1) is 12.9 Å². The number of hydrazone groups is 1. The third kappa shape index (κ3) is 6.14. The number of nitrogens with zero attached hydrogens (tertiary/aromatic N) is 2. The van der Waals surface area contributed by atoms with Crippen molar-refractivity contribution in [2.45, 2.75) is 52.0 Å². The lowest BCUT2D eigenvalue weighted by Crippen LogP contribution is -2.35. The predicted molar refractivity (Wildman–Crippen MR) is 66.4 cm³/mol. The van der Waals surface area contributed by atoms with Crippen LogP contribution in [0.15, 0.2) is 5.10 Å². The lowest BCUT2D eigenvalue weighted by molar-refractivity contribution is 0.192. The van der Waals surface area contributed by atoms with Gasteiger partial charge in [0.15, 0.2) is 0 Å². The van der Waals surface area contributed by atoms with E-state index >= 15 is 0 Å². The molecular weight excluding hydrogens is 186 g/mol. The molecule has 0 spiro atoms. The van der Waals surface area contributed by atoms with Crippen molar-refractivity contribution >= 4 is 6.21 Å². The van der Waals surface area contributed by atoms with E-state index in [4.69, 9.17) is 12.2 Å². The van der Waals surface area contributed by atoms with Crippen LogP contribution >= 0.6 is 0 Å². The molecule has 0 saturated heterocycles. The van der Waals surface area contributed by atoms with E-state index in [2.05, 4.69) is 24.9 Å². The summed E-state index contributed by atoms with van der Waals surface area (Å²) in [6.45, 7) is 4.80. The number of unbranched alkanes of at least 4 members (excludes halogenated alkanes) is 2. The summed E-state index contributed by atoms with van der Waals surface area (Å²) in [4.78, 5) is 0. The van der Waals surface area contributed by atoms with E-state index in [1.165, 1.54) is 25.5 Å². The zero-order valence-corrected chi connectivity index (χ0v) is 9.95. The Balaban J connectivity index is 4.09. The highest BCUT2D eigenvalue weighted by Gasteiger charge is 2.12. The molecule has 0 saturated carbocycles. The fraction of sp³-hybridized carbons (Fsp3) is 0.750. The molecule has 0 aromatic rings. The first kappa shape index (κ1) is 14.0. The fourth-order valence-corrected chi connectivity index (χ4v) is 1.59. The van der Waals surface area contributed by atoms with Gasteiger partial charge in [-0.1, -0.05) is 39.0 Å². The molecule has 2 N–H and O–H groups in total. The van der Waals surface area contributed by atoms with Gasteiger partial charge in [0.25, 0.3) is 0 Å². The molecule has 3 heteroatoms. The van der Waals surface area contributed by atoms with Gasteiger partial charge in [0.1, 0.15) is 0 Å². The molecule has 0 aromatic carbocycles. The maximum Gasteiger partial charge on any atom is 0.0966 e. The SMILES string of the molecule is C#C/C=N\N(CN)C(CC)CCCCC. The standard InChI is InChI=1S/C12H23N3/c1-4-7-8-9-12(6-3)15(11-13)14-10-5-2/h2,10,12H,4,6-9,11,13H2,1,3H3/b14-10-. The highest BCUT2D eigenvalue weighted by molar-refractivity contribution is 5.76. The van der Waals surface area contributed by atoms with E-state index in [1.807, 2.05) is 5.01 Å². The van der Waals surface area contributed by atoms with Crippen molar-refractivity contribution < 1.29 is 0 Å². The Morgan fingerprint density at radius 2 is 2.20 bits per heavy atom. The van der Waals surface area contributed by atoms with Gasteiger partial charge < -0.3 is 5.73 Å². The summed E-state index contributed by atoms with van der Waals surface area (Å²) in [6.07, 6.45) is 12.5. The van der Waals surface area contributed by atoms with Crippen molar-refractivity contribution in [1.82, 2.24) is 5.01 Å². The van der Waals surface area contributed by atoms with Crippen molar-refractivity contribution in [1.29, 1.82) is 0 Å². The van der Waals surface area contributed by atoms with E-state index in [9.17, 15) is 0 Å². The molecule has 1 unspecified atom stereocenters. The molecule has 0 rings (SSSR count). The van der Waals surface area contributed by atoms with E-state index in [0.717, 1.165) is 12.8 Å². The van der Waals surface area contributed by atoms with Gasteiger partial charge in [-0.05, 0) is 12.8 Å². The van der Waals surface area contributed by atoms with Crippen LogP contribution in [-0.4, -0.2) is 23.9 Å². The Kier molecular flexibility index (Phi) is 8.90. The zero-order valence-electron chi connectivity index (χ0n) is 9.95. The van der Waals surface area contributed by atoms with Crippen LogP contribution in [0.25, 0.3) is 0 Å². The van der Waals surface area contributed by atoms with E-state index in [-0.39, 0.29) is 0 Å². The minimum Gasteiger partial charge on any atom is -0.313 e. The summed E-state index contributed by atoms with van der Waals surface area (Å²) < 4.78 is 0. The molecule has 0 amide bonds. The molecule has 0 aliphatic rings. The van der Waals surface area contributed by atoms with Crippen LogP contribution in [0.4, 0.5) is 0 Å². The molecule has 0 radical (unpaired) electrons. The number of hydrogen-bond donors (Lipinski definition) is 1. The predicted octanol–water partition coefficient (Wildman–Crippen LogP) is 2.18. The second-order valence-electron chi connectivity index (χ2n) is 3.59. The highest BCUT2D eigenvalue weighted by Crippen LogP contribution is 2.12. The Labute approximate surface area is 93.7 Å². The minimum atomic E-state index is 0.422. The lowest BCUT2D eigenvalue weighted by Gasteiger charge is -2.26. The van der Waals surface area contributed by atoms with Crippen LogP contribution in [0.5, 0.6) is 0 Å². The molecule has 0 aliphatic carbocycles. The second kappa shape index (κ2) is 9.54. The van der Waals surface area contributed by atoms with Crippen molar-refractivity contribution in [3.63, 3.8) is 0 Å². The van der Waals surface area contributed by atoms with Crippen molar-refractivity contribution in [3.8, 4) is 12.3 Å². The van der Waals surface area contributed by atoms with Crippen LogP contribution in [0, 0.1) is 12.3 Å². The Bertz CT molecular complexity index is 205. The average molecular weight is 209 g/mol. The van der Waals surface area contributed by atoms with Gasteiger partial charge >= 0.3 is 0 Å². The second-order valence-corrected chi connectivity index (χ2v) is 3.59. The third-order valence-electron chi connectivity index (χ3n) is 2.50. The summed E-state index contributed by atoms with van der Waals surface area (Å²) in [6, 6.07) is 0.422. The molecule has 0 bridgehead atoms. The van der Waals surface area contributed by atoms with Gasteiger partial charge in [-0.2, -0.15) is 5.10 Å². The Morgan fingerprint density at radius 3 is 2.67 bits per heavy atom. The summed E-state index contributed by atoms with van der Waals surface area (Å²) in [5, 5.41) is 6.04. The van der Waals surface area contributed by atoms with E-state index in [0.29, 0.717) is 12.7 Å². The Morgan fingerprint density at radius 1 is 1.47 bits per heavy atom. The van der Waals surface area contributed by atoms with Crippen LogP contribution in [0.1, 0.15) is 46.0 Å². The van der Waals surface area contributed by atoms with Gasteiger partial charge in [-0.25, -0.2) is 0 Å². The molecule has 0 fully saturated rings. The molecule has 0 aromatic heterocycles. The van der Waals surface area contributed by atoms with Crippen molar-refractivity contribution in [3.05, 3.63) is 0 Å². The molecule has 15 heavy (non-hydrogen) atoms. The van der Waals surface area contributed by atoms with E-state index < -0.39 is 0 Å². The number of hydrogen-bond acceptors (Lipinski definition) is 3. The molecule has 0 aliphatic heterocycles. The van der Waals surface area contributed by atoms with Crippen LogP contribution < -0.4 is 5.73 Å². The van der Waals surface area contributed by atoms with Gasteiger partial charge in [-0.15, -0.1) is 6.42 Å². The Hall–Kier alpha value is -1.01. The first-order valence-corrected chi connectivity index (χ1v) is 5.75. The molecule has 3 nitrogen and oxygen atoms in total. The number of rotatable bonds is 8. The van der Waals surface area contributed by atoms with Crippen molar-refractivity contribution in [2.24, 2.45) is 10.8 Å². The maximum absolute atomic E-state index is 5.64. The average Bonchev–Trinajstić information content (AvgIpc) is 2.27. The van der Waals surface area contributed by atoms with Crippen LogP contribution in [0.2, 0.25) is 0 Å². The quantitative estimate of drug-likeness (QED) is 0.219. The first-order valence-electron chi connectivity index (χ1n) is 5.75. The van der Waals surface area contributed by atoms with Crippen molar-refractivity contribution in [2.75, 3.05) is 6.67 Å². The number of nitrogens with two attached hydrogens (primary N) is 1. The first-order chi connectivity index (χ1) is 7.29. The smallest absolute Gasteiger partial charge is 0.0966 e. The summed E-state index contributed by atoms with van der Waals surface area (Å²) in [5.74, 6) is 2.39. The zero-order chi connectivity index (χ0) is 11.5. The summed E-state index contributed by atoms with van der Waals surface area (Å²) in [7, 11) is 0. The lowest BCUT2D eigenvalue weighted by atomic mass is 10.1. The minimum absolute atomic E-state index is 0.422. The summed E-state index contributed by atoms with van der Waals surface area (Å²) >= 11 is 0.